The summed E-state index contributed by atoms with van der Waals surface area (Å²) < 4.78 is 10.5. The molecule has 0 saturated carbocycles. The quantitative estimate of drug-likeness (QED) is 0.753. The van der Waals surface area contributed by atoms with Crippen molar-refractivity contribution >= 4 is 6.09 Å². The van der Waals surface area contributed by atoms with E-state index in [9.17, 15) is 4.79 Å². The SMILES string of the molecule is O=C(O)NCC1OCOc2cncc1c2. The Kier molecular flexibility index (Phi) is 2.68. The molecular weight excluding hydrogens is 200 g/mol. The van der Waals surface area contributed by atoms with E-state index in [0.717, 1.165) is 5.56 Å². The number of amides is 1. The number of aromatic nitrogens is 1. The second-order valence-electron chi connectivity index (χ2n) is 3.06. The number of rotatable bonds is 2. The molecule has 2 heterocycles. The van der Waals surface area contributed by atoms with Gasteiger partial charge in [0.2, 0.25) is 0 Å². The number of ether oxygens (including phenoxy) is 2. The molecule has 0 aromatic carbocycles. The molecule has 1 aromatic rings. The molecule has 1 aromatic heterocycles. The summed E-state index contributed by atoms with van der Waals surface area (Å²) in [5, 5.41) is 10.7. The third kappa shape index (κ3) is 2.35. The van der Waals surface area contributed by atoms with Crippen molar-refractivity contribution in [2.24, 2.45) is 0 Å². The van der Waals surface area contributed by atoms with Crippen LogP contribution in [0.25, 0.3) is 0 Å². The zero-order valence-electron chi connectivity index (χ0n) is 7.84. The zero-order chi connectivity index (χ0) is 10.7. The number of carbonyl (C=O) groups is 1. The summed E-state index contributed by atoms with van der Waals surface area (Å²) in [6, 6.07) is 1.79. The summed E-state index contributed by atoms with van der Waals surface area (Å²) in [5.41, 5.74) is 0.804. The Bertz CT molecular complexity index is 369. The van der Waals surface area contributed by atoms with Crippen molar-refractivity contribution in [1.29, 1.82) is 0 Å². The lowest BCUT2D eigenvalue weighted by atomic mass is 10.1. The maximum atomic E-state index is 10.3. The summed E-state index contributed by atoms with van der Waals surface area (Å²) in [7, 11) is 0. The first-order valence-electron chi connectivity index (χ1n) is 4.42. The fourth-order valence-corrected chi connectivity index (χ4v) is 1.33. The van der Waals surface area contributed by atoms with Crippen molar-refractivity contribution in [3.63, 3.8) is 0 Å². The van der Waals surface area contributed by atoms with E-state index in [4.69, 9.17) is 14.6 Å². The second kappa shape index (κ2) is 4.14. The van der Waals surface area contributed by atoms with Crippen LogP contribution < -0.4 is 10.1 Å². The van der Waals surface area contributed by atoms with Crippen LogP contribution in [0.15, 0.2) is 18.5 Å². The van der Waals surface area contributed by atoms with E-state index in [2.05, 4.69) is 10.3 Å². The van der Waals surface area contributed by atoms with Crippen molar-refractivity contribution in [3.05, 3.63) is 24.0 Å². The lowest BCUT2D eigenvalue weighted by Gasteiger charge is -2.13. The van der Waals surface area contributed by atoms with Crippen molar-refractivity contribution in [3.8, 4) is 5.75 Å². The van der Waals surface area contributed by atoms with Gasteiger partial charge in [-0.05, 0) is 6.07 Å². The number of nitrogens with one attached hydrogen (secondary N) is 1. The zero-order valence-corrected chi connectivity index (χ0v) is 7.84. The minimum absolute atomic E-state index is 0.0984. The molecule has 1 amide bonds. The van der Waals surface area contributed by atoms with Gasteiger partial charge in [0.1, 0.15) is 11.9 Å². The van der Waals surface area contributed by atoms with Gasteiger partial charge in [0.05, 0.1) is 12.7 Å². The van der Waals surface area contributed by atoms with Gasteiger partial charge in [0.15, 0.2) is 6.79 Å². The molecule has 0 aliphatic carbocycles. The molecule has 0 fully saturated rings. The van der Waals surface area contributed by atoms with Crippen LogP contribution in [0.4, 0.5) is 4.79 Å². The van der Waals surface area contributed by atoms with Gasteiger partial charge in [-0.1, -0.05) is 0 Å². The highest BCUT2D eigenvalue weighted by atomic mass is 16.7. The molecular formula is C9H10N2O4. The summed E-state index contributed by atoms with van der Waals surface area (Å²) in [4.78, 5) is 14.3. The highest BCUT2D eigenvalue weighted by molar-refractivity contribution is 5.64. The van der Waals surface area contributed by atoms with E-state index in [1.165, 1.54) is 0 Å². The Labute approximate surface area is 85.8 Å². The Balaban J connectivity index is 2.10. The summed E-state index contributed by atoms with van der Waals surface area (Å²) in [6.07, 6.45) is 1.79. The smallest absolute Gasteiger partial charge is 0.404 e. The van der Waals surface area contributed by atoms with Gasteiger partial charge in [0, 0.05) is 11.8 Å². The van der Waals surface area contributed by atoms with Crippen molar-refractivity contribution in [2.45, 2.75) is 6.10 Å². The van der Waals surface area contributed by atoms with Gasteiger partial charge in [-0.2, -0.15) is 0 Å². The molecule has 1 atom stereocenters. The molecule has 6 heteroatoms. The number of hydrogen-bond acceptors (Lipinski definition) is 4. The van der Waals surface area contributed by atoms with Crippen LogP contribution in [0.3, 0.4) is 0 Å². The molecule has 0 saturated heterocycles. The Morgan fingerprint density at radius 3 is 3.33 bits per heavy atom. The predicted octanol–water partition coefficient (Wildman–Crippen LogP) is 0.757. The Morgan fingerprint density at radius 2 is 2.53 bits per heavy atom. The first kappa shape index (κ1) is 9.72. The van der Waals surface area contributed by atoms with Crippen molar-refractivity contribution in [1.82, 2.24) is 10.3 Å². The number of pyridine rings is 1. The second-order valence-corrected chi connectivity index (χ2v) is 3.06. The van der Waals surface area contributed by atoms with E-state index in [-0.39, 0.29) is 19.4 Å². The predicted molar refractivity (Wildman–Crippen MR) is 49.6 cm³/mol. The molecule has 1 aliphatic rings. The monoisotopic (exact) mass is 210 g/mol. The number of nitrogens with zero attached hydrogens (tertiary/aromatic N) is 1. The topological polar surface area (TPSA) is 80.7 Å². The Hall–Kier alpha value is -1.82. The molecule has 15 heavy (non-hydrogen) atoms. The van der Waals surface area contributed by atoms with Crippen LogP contribution in [-0.4, -0.2) is 29.5 Å². The minimum atomic E-state index is -1.08. The van der Waals surface area contributed by atoms with Crippen LogP contribution in [0.1, 0.15) is 11.7 Å². The van der Waals surface area contributed by atoms with E-state index in [1.807, 2.05) is 0 Å². The molecule has 2 rings (SSSR count). The standard InChI is InChI=1S/C9H10N2O4/c12-9(13)11-4-8-6-1-7(3-10-2-6)14-5-15-8/h1-3,8,11H,4-5H2,(H,12,13). The lowest BCUT2D eigenvalue weighted by molar-refractivity contribution is -0.0303. The van der Waals surface area contributed by atoms with Crippen molar-refractivity contribution in [2.75, 3.05) is 13.3 Å². The first-order valence-corrected chi connectivity index (χ1v) is 4.42. The number of hydrogen-bond donors (Lipinski definition) is 2. The maximum absolute atomic E-state index is 10.3. The molecule has 1 aliphatic heterocycles. The van der Waals surface area contributed by atoms with E-state index < -0.39 is 6.09 Å². The van der Waals surface area contributed by atoms with Gasteiger partial charge in [-0.15, -0.1) is 0 Å². The summed E-state index contributed by atoms with van der Waals surface area (Å²) in [6.45, 7) is 0.283. The van der Waals surface area contributed by atoms with Crippen LogP contribution >= 0.6 is 0 Å². The molecule has 2 N–H and O–H groups in total. The van der Waals surface area contributed by atoms with Gasteiger partial charge in [-0.3, -0.25) is 4.98 Å². The van der Waals surface area contributed by atoms with Crippen LogP contribution in [0.2, 0.25) is 0 Å². The average molecular weight is 210 g/mol. The minimum Gasteiger partial charge on any atom is -0.466 e. The van der Waals surface area contributed by atoms with E-state index in [1.54, 1.807) is 18.5 Å². The van der Waals surface area contributed by atoms with Crippen LogP contribution in [-0.2, 0) is 4.74 Å². The fraction of sp³-hybridized carbons (Fsp3) is 0.333. The average Bonchev–Trinajstić information content (AvgIpc) is 2.35. The highest BCUT2D eigenvalue weighted by Crippen LogP contribution is 2.23. The molecule has 0 spiro atoms. The Morgan fingerprint density at radius 1 is 1.67 bits per heavy atom. The highest BCUT2D eigenvalue weighted by Gasteiger charge is 2.17. The lowest BCUT2D eigenvalue weighted by Crippen LogP contribution is -2.28. The van der Waals surface area contributed by atoms with Gasteiger partial charge in [-0.25, -0.2) is 4.79 Å². The van der Waals surface area contributed by atoms with Gasteiger partial charge >= 0.3 is 6.09 Å². The molecule has 2 bridgehead atoms. The largest absolute Gasteiger partial charge is 0.466 e. The van der Waals surface area contributed by atoms with Gasteiger partial charge < -0.3 is 19.9 Å². The summed E-state index contributed by atoms with van der Waals surface area (Å²) in [5.74, 6) is 0.630. The molecule has 0 radical (unpaired) electrons. The molecule has 80 valence electrons. The third-order valence-electron chi connectivity index (χ3n) is 2.04. The normalized spacial score (nSPS) is 18.8. The van der Waals surface area contributed by atoms with E-state index >= 15 is 0 Å². The first-order chi connectivity index (χ1) is 7.25. The van der Waals surface area contributed by atoms with Crippen LogP contribution in [0.5, 0.6) is 5.75 Å². The molecule has 1 unspecified atom stereocenters. The summed E-state index contributed by atoms with van der Waals surface area (Å²) >= 11 is 0. The third-order valence-corrected chi connectivity index (χ3v) is 2.04. The fourth-order valence-electron chi connectivity index (χ4n) is 1.33. The van der Waals surface area contributed by atoms with Crippen molar-refractivity contribution < 1.29 is 19.4 Å². The number of fused-ring (bicyclic) bond motifs is 2. The maximum Gasteiger partial charge on any atom is 0.404 e. The van der Waals surface area contributed by atoms with E-state index in [0.29, 0.717) is 5.75 Å². The van der Waals surface area contributed by atoms with Gasteiger partial charge in [0.25, 0.3) is 0 Å². The molecule has 6 nitrogen and oxygen atoms in total. The van der Waals surface area contributed by atoms with Crippen LogP contribution in [0, 0.1) is 0 Å². The number of carboxylic acid groups (broad SMARTS) is 1.